The van der Waals surface area contributed by atoms with Crippen LogP contribution in [0.25, 0.3) is 33.2 Å². The maximum Gasteiger partial charge on any atom is 0.433 e. The number of aryl methyl sites for hydroxylation is 2. The highest BCUT2D eigenvalue weighted by atomic mass is 35.5. The summed E-state index contributed by atoms with van der Waals surface area (Å²) in [5.41, 5.74) is 2.56. The van der Waals surface area contributed by atoms with Crippen LogP contribution in [-0.4, -0.2) is 88.1 Å². The number of halogens is 5. The molecule has 12 nitrogen and oxygen atoms in total. The number of amides is 2. The van der Waals surface area contributed by atoms with Gasteiger partial charge in [-0.1, -0.05) is 53.5 Å². The van der Waals surface area contributed by atoms with Gasteiger partial charge >= 0.3 is 12.2 Å². The van der Waals surface area contributed by atoms with Crippen LogP contribution >= 0.6 is 23.2 Å². The van der Waals surface area contributed by atoms with Gasteiger partial charge in [0.25, 0.3) is 5.56 Å². The number of hydrogen-bond acceptors (Lipinski definition) is 9. The summed E-state index contributed by atoms with van der Waals surface area (Å²) in [6, 6.07) is 13.3. The Morgan fingerprint density at radius 3 is 2.47 bits per heavy atom. The number of nitrogens with zero attached hydrogens (tertiary/aromatic N) is 6. The van der Waals surface area contributed by atoms with Crippen molar-refractivity contribution in [1.29, 1.82) is 0 Å². The number of fused-ring (bicyclic) bond motifs is 2. The first kappa shape index (κ1) is 38.9. The van der Waals surface area contributed by atoms with Crippen LogP contribution in [0.5, 0.6) is 5.88 Å². The van der Waals surface area contributed by atoms with E-state index >= 15 is 0 Å². The van der Waals surface area contributed by atoms with Crippen LogP contribution in [0.3, 0.4) is 0 Å². The van der Waals surface area contributed by atoms with Gasteiger partial charge in [0.15, 0.2) is 0 Å². The number of rotatable bonds is 9. The molecular formula is C40H39Cl2F3N8O4. The van der Waals surface area contributed by atoms with Gasteiger partial charge in [-0.25, -0.2) is 19.4 Å². The lowest BCUT2D eigenvalue weighted by Gasteiger charge is -2.40. The van der Waals surface area contributed by atoms with E-state index in [2.05, 4.69) is 25.6 Å². The molecule has 8 rings (SSSR count). The molecule has 57 heavy (non-hydrogen) atoms. The largest absolute Gasteiger partial charge is 0.481 e. The first-order valence-corrected chi connectivity index (χ1v) is 19.2. The van der Waals surface area contributed by atoms with Gasteiger partial charge in [0.1, 0.15) is 11.5 Å². The Hall–Kier alpha value is -4.96. The highest BCUT2D eigenvalue weighted by Crippen LogP contribution is 2.47. The van der Waals surface area contributed by atoms with Crippen molar-refractivity contribution >= 4 is 51.5 Å². The monoisotopic (exact) mass is 822 g/mol. The summed E-state index contributed by atoms with van der Waals surface area (Å²) in [6.07, 6.45) is -0.187. The van der Waals surface area contributed by atoms with Crippen LogP contribution in [0.4, 0.5) is 29.5 Å². The molecule has 2 saturated heterocycles. The van der Waals surface area contributed by atoms with Gasteiger partial charge in [0.05, 0.1) is 52.3 Å². The second kappa shape index (κ2) is 15.1. The van der Waals surface area contributed by atoms with E-state index < -0.39 is 17.4 Å². The third kappa shape index (κ3) is 7.15. The van der Waals surface area contributed by atoms with Crippen molar-refractivity contribution < 1.29 is 27.4 Å². The SMILES string of the molecule is COCCN1CC[C@@]2(CCN([C@@H]3CCc4cc(-c5cccc(-c6cccc(Nc7nc(C(F)(F)F)cc8cnn(C)c(=O)c78)c6Cl)c5Cl)nc(OC)c43)C2)NC1=O. The van der Waals surface area contributed by atoms with Crippen molar-refractivity contribution in [3.05, 3.63) is 91.9 Å². The Morgan fingerprint density at radius 1 is 1.00 bits per heavy atom. The lowest BCUT2D eigenvalue weighted by molar-refractivity contribution is -0.141. The summed E-state index contributed by atoms with van der Waals surface area (Å²) in [5, 5.41) is 10.5. The van der Waals surface area contributed by atoms with Gasteiger partial charge in [0, 0.05) is 74.0 Å². The van der Waals surface area contributed by atoms with Gasteiger partial charge in [0.2, 0.25) is 5.88 Å². The second-order valence-corrected chi connectivity index (χ2v) is 15.4. The molecule has 17 heteroatoms. The van der Waals surface area contributed by atoms with Crippen LogP contribution in [0.1, 0.15) is 42.1 Å². The van der Waals surface area contributed by atoms with Gasteiger partial charge in [-0.15, -0.1) is 0 Å². The summed E-state index contributed by atoms with van der Waals surface area (Å²) in [4.78, 5) is 39.0. The predicted molar refractivity (Wildman–Crippen MR) is 211 cm³/mol. The van der Waals surface area contributed by atoms with E-state index in [9.17, 15) is 22.8 Å². The number of likely N-dealkylation sites (tertiary alicyclic amines) is 1. The van der Waals surface area contributed by atoms with E-state index in [1.807, 2.05) is 18.2 Å². The fourth-order valence-electron chi connectivity index (χ4n) is 8.34. The molecule has 0 bridgehead atoms. The third-order valence-corrected chi connectivity index (χ3v) is 12.1. The van der Waals surface area contributed by atoms with Crippen molar-refractivity contribution in [2.45, 2.75) is 43.4 Å². The Balaban J connectivity index is 1.08. The number of ether oxygens (including phenoxy) is 2. The van der Waals surface area contributed by atoms with Gasteiger partial charge < -0.3 is 25.0 Å². The molecule has 2 atom stereocenters. The number of hydrogen-bond donors (Lipinski definition) is 2. The number of methoxy groups -OCH3 is 2. The highest BCUT2D eigenvalue weighted by molar-refractivity contribution is 6.39. The topological polar surface area (TPSA) is 127 Å². The summed E-state index contributed by atoms with van der Waals surface area (Å²) >= 11 is 14.1. The molecular weight excluding hydrogens is 784 g/mol. The number of alkyl halides is 3. The van der Waals surface area contributed by atoms with Crippen molar-refractivity contribution in [2.24, 2.45) is 7.05 Å². The number of aromatic nitrogens is 4. The van der Waals surface area contributed by atoms with Crippen molar-refractivity contribution in [1.82, 2.24) is 34.9 Å². The number of carbonyl (C=O) groups is 1. The van der Waals surface area contributed by atoms with Crippen LogP contribution in [-0.2, 0) is 24.4 Å². The lowest BCUT2D eigenvalue weighted by atomic mass is 9.92. The smallest absolute Gasteiger partial charge is 0.433 e. The van der Waals surface area contributed by atoms with E-state index in [1.165, 1.54) is 13.2 Å². The van der Waals surface area contributed by atoms with Gasteiger partial charge in [-0.3, -0.25) is 9.69 Å². The summed E-state index contributed by atoms with van der Waals surface area (Å²) in [7, 11) is 4.63. The van der Waals surface area contributed by atoms with E-state index in [1.54, 1.807) is 43.4 Å². The van der Waals surface area contributed by atoms with Crippen molar-refractivity contribution in [2.75, 3.05) is 52.3 Å². The molecule has 3 aliphatic rings. The molecule has 5 heterocycles. The normalized spacial score (nSPS) is 19.7. The molecule has 2 aliphatic heterocycles. The number of anilines is 2. The third-order valence-electron chi connectivity index (χ3n) is 11.3. The molecule has 2 fully saturated rings. The zero-order valence-corrected chi connectivity index (χ0v) is 32.9. The minimum absolute atomic E-state index is 0.0258. The molecule has 3 aromatic heterocycles. The number of benzene rings is 2. The number of urea groups is 1. The van der Waals surface area contributed by atoms with Crippen molar-refractivity contribution in [3.63, 3.8) is 0 Å². The summed E-state index contributed by atoms with van der Waals surface area (Å²) in [6.45, 7) is 3.33. The van der Waals surface area contributed by atoms with Crippen LogP contribution in [0, 0.1) is 0 Å². The maximum absolute atomic E-state index is 13.9. The lowest BCUT2D eigenvalue weighted by Crippen LogP contribution is -2.61. The maximum atomic E-state index is 13.9. The number of nitrogens with one attached hydrogen (secondary N) is 2. The molecule has 5 aromatic rings. The molecule has 1 aliphatic carbocycles. The predicted octanol–water partition coefficient (Wildman–Crippen LogP) is 7.63. The minimum atomic E-state index is -4.78. The fraction of sp³-hybridized carbons (Fsp3) is 0.375. The van der Waals surface area contributed by atoms with Gasteiger partial charge in [-0.2, -0.15) is 18.3 Å². The van der Waals surface area contributed by atoms with E-state index in [0.717, 1.165) is 60.6 Å². The molecule has 0 radical (unpaired) electrons. The summed E-state index contributed by atoms with van der Waals surface area (Å²) in [5.74, 6) is 0.198. The highest BCUT2D eigenvalue weighted by Gasteiger charge is 2.46. The Bertz CT molecular complexity index is 2470. The first-order chi connectivity index (χ1) is 27.3. The Labute approximate surface area is 335 Å². The zero-order chi connectivity index (χ0) is 40.2. The van der Waals surface area contributed by atoms with E-state index in [0.29, 0.717) is 53.0 Å². The molecule has 0 unspecified atom stereocenters. The standard InChI is InChI=1S/C40H39Cl2F3N8O4/c1-51-37(54)32-23(20-46-51)19-30(40(43,44)45)49-35(32)47-27-9-5-7-25(34(27)42)24-6-4-8-26(33(24)41)28-18-22-10-11-29(31(22)36(48-28)57-3)53-15-13-39(21-53)12-14-52(16-17-56-2)38(55)50-39/h4-9,18-20,29H,10-17,21H2,1-3H3,(H,47,49)(H,50,55)/t29-,39+/m1/s1. The van der Waals surface area contributed by atoms with Crippen LogP contribution in [0.2, 0.25) is 10.0 Å². The van der Waals surface area contributed by atoms with Crippen LogP contribution < -0.4 is 20.9 Å². The first-order valence-electron chi connectivity index (χ1n) is 18.5. The molecule has 1 spiro atoms. The summed E-state index contributed by atoms with van der Waals surface area (Å²) < 4.78 is 53.7. The molecule has 2 aromatic carbocycles. The minimum Gasteiger partial charge on any atom is -0.481 e. The second-order valence-electron chi connectivity index (χ2n) is 14.7. The Morgan fingerprint density at radius 2 is 1.74 bits per heavy atom. The molecule has 298 valence electrons. The average Bonchev–Trinajstić information content (AvgIpc) is 3.80. The molecule has 2 amide bonds. The molecule has 2 N–H and O–H groups in total. The number of pyridine rings is 2. The van der Waals surface area contributed by atoms with Crippen LogP contribution in [0.15, 0.2) is 59.5 Å². The fourth-order valence-corrected chi connectivity index (χ4v) is 8.94. The van der Waals surface area contributed by atoms with Crippen molar-refractivity contribution in [3.8, 4) is 28.3 Å². The number of carbonyl (C=O) groups excluding carboxylic acids is 1. The van der Waals surface area contributed by atoms with E-state index in [4.69, 9.17) is 37.7 Å². The van der Waals surface area contributed by atoms with Gasteiger partial charge in [-0.05, 0) is 49.4 Å². The zero-order valence-electron chi connectivity index (χ0n) is 31.3. The average molecular weight is 824 g/mol. The Kier molecular flexibility index (Phi) is 10.3. The molecule has 0 saturated carbocycles. The quantitative estimate of drug-likeness (QED) is 0.154. The van der Waals surface area contributed by atoms with E-state index in [-0.39, 0.29) is 44.9 Å².